The van der Waals surface area contributed by atoms with Gasteiger partial charge in [-0.2, -0.15) is 0 Å². The first kappa shape index (κ1) is 16.3. The van der Waals surface area contributed by atoms with Crippen LogP contribution >= 0.6 is 0 Å². The van der Waals surface area contributed by atoms with E-state index >= 15 is 0 Å². The van der Waals surface area contributed by atoms with Gasteiger partial charge in [0, 0.05) is 12.0 Å². The first-order chi connectivity index (χ1) is 9.97. The molecule has 2 fully saturated rings. The summed E-state index contributed by atoms with van der Waals surface area (Å²) < 4.78 is 0. The highest BCUT2D eigenvalue weighted by Gasteiger charge is 2.46. The van der Waals surface area contributed by atoms with Crippen LogP contribution in [0.3, 0.4) is 0 Å². The normalized spacial score (nSPS) is 31.2. The second kappa shape index (κ2) is 6.80. The van der Waals surface area contributed by atoms with Crippen molar-refractivity contribution in [1.82, 2.24) is 5.32 Å². The number of hydrogen-bond acceptors (Lipinski definition) is 2. The van der Waals surface area contributed by atoms with Crippen LogP contribution in [0.1, 0.15) is 71.6 Å². The maximum Gasteiger partial charge on any atom is 0.311 e. The van der Waals surface area contributed by atoms with E-state index in [2.05, 4.69) is 12.2 Å². The fraction of sp³-hybridized carbons (Fsp3) is 0.882. The van der Waals surface area contributed by atoms with Gasteiger partial charge in [-0.25, -0.2) is 0 Å². The molecule has 2 aliphatic carbocycles. The van der Waals surface area contributed by atoms with Gasteiger partial charge in [-0.15, -0.1) is 0 Å². The monoisotopic (exact) mass is 295 g/mol. The Bertz CT molecular complexity index is 389. The van der Waals surface area contributed by atoms with Crippen LogP contribution in [0.15, 0.2) is 0 Å². The molecular weight excluding hydrogens is 266 g/mol. The van der Waals surface area contributed by atoms with Crippen LogP contribution in [-0.4, -0.2) is 23.0 Å². The van der Waals surface area contributed by atoms with E-state index in [4.69, 9.17) is 0 Å². The fourth-order valence-electron chi connectivity index (χ4n) is 4.05. The van der Waals surface area contributed by atoms with Crippen molar-refractivity contribution in [2.45, 2.75) is 77.7 Å². The lowest BCUT2D eigenvalue weighted by molar-refractivity contribution is -0.149. The Morgan fingerprint density at radius 1 is 1.24 bits per heavy atom. The number of carboxylic acids is 1. The molecule has 0 aliphatic heterocycles. The van der Waals surface area contributed by atoms with Crippen molar-refractivity contribution in [3.63, 3.8) is 0 Å². The Labute approximate surface area is 127 Å². The van der Waals surface area contributed by atoms with Gasteiger partial charge in [0.1, 0.15) is 0 Å². The summed E-state index contributed by atoms with van der Waals surface area (Å²) in [6, 6.07) is -0.208. The van der Waals surface area contributed by atoms with E-state index in [0.717, 1.165) is 25.7 Å². The Balaban J connectivity index is 1.93. The quantitative estimate of drug-likeness (QED) is 0.789. The van der Waals surface area contributed by atoms with Crippen LogP contribution in [0.4, 0.5) is 0 Å². The molecule has 3 unspecified atom stereocenters. The highest BCUT2D eigenvalue weighted by Crippen LogP contribution is 2.39. The molecular formula is C17H29NO3. The zero-order valence-electron chi connectivity index (χ0n) is 13.4. The standard InChI is InChI=1S/C17H29NO3/c1-3-13(11-12-7-4-5-8-12)15(19)18-14-9-6-10-17(14,2)16(20)21/h12-14H,3-11H2,1-2H3,(H,18,19)(H,20,21). The Hall–Kier alpha value is -1.06. The summed E-state index contributed by atoms with van der Waals surface area (Å²) in [5.41, 5.74) is -0.790. The molecule has 0 saturated heterocycles. The number of carbonyl (C=O) groups is 2. The van der Waals surface area contributed by atoms with Crippen LogP contribution in [0.5, 0.6) is 0 Å². The summed E-state index contributed by atoms with van der Waals surface area (Å²) in [7, 11) is 0. The van der Waals surface area contributed by atoms with Crippen LogP contribution in [0.25, 0.3) is 0 Å². The van der Waals surface area contributed by atoms with Crippen LogP contribution in [-0.2, 0) is 9.59 Å². The number of nitrogens with one attached hydrogen (secondary N) is 1. The van der Waals surface area contributed by atoms with Gasteiger partial charge < -0.3 is 10.4 Å². The van der Waals surface area contributed by atoms with Crippen molar-refractivity contribution in [1.29, 1.82) is 0 Å². The second-order valence-electron chi connectivity index (χ2n) is 7.17. The van der Waals surface area contributed by atoms with Crippen molar-refractivity contribution in [3.8, 4) is 0 Å². The van der Waals surface area contributed by atoms with Gasteiger partial charge in [0.2, 0.25) is 5.91 Å². The predicted molar refractivity (Wildman–Crippen MR) is 81.9 cm³/mol. The van der Waals surface area contributed by atoms with E-state index in [-0.39, 0.29) is 17.9 Å². The molecule has 21 heavy (non-hydrogen) atoms. The lowest BCUT2D eigenvalue weighted by Crippen LogP contribution is -2.48. The molecule has 0 bridgehead atoms. The molecule has 3 atom stereocenters. The third kappa shape index (κ3) is 3.58. The summed E-state index contributed by atoms with van der Waals surface area (Å²) >= 11 is 0. The molecule has 0 aromatic rings. The minimum absolute atomic E-state index is 0.0479. The highest BCUT2D eigenvalue weighted by molar-refractivity contribution is 5.81. The van der Waals surface area contributed by atoms with Crippen LogP contribution in [0.2, 0.25) is 0 Å². The molecule has 2 N–H and O–H groups in total. The first-order valence-corrected chi connectivity index (χ1v) is 8.51. The Morgan fingerprint density at radius 3 is 2.48 bits per heavy atom. The van der Waals surface area contributed by atoms with Gasteiger partial charge >= 0.3 is 5.97 Å². The van der Waals surface area contributed by atoms with E-state index in [1.807, 2.05) is 0 Å². The lowest BCUT2D eigenvalue weighted by atomic mass is 9.84. The van der Waals surface area contributed by atoms with E-state index in [0.29, 0.717) is 12.3 Å². The smallest absolute Gasteiger partial charge is 0.311 e. The molecule has 0 spiro atoms. The molecule has 2 aliphatic rings. The van der Waals surface area contributed by atoms with Gasteiger partial charge in [-0.1, -0.05) is 39.0 Å². The minimum Gasteiger partial charge on any atom is -0.481 e. The summed E-state index contributed by atoms with van der Waals surface area (Å²) in [6.07, 6.45) is 9.23. The number of carboxylic acid groups (broad SMARTS) is 1. The number of hydrogen-bond donors (Lipinski definition) is 2. The molecule has 0 aromatic carbocycles. The van der Waals surface area contributed by atoms with E-state index in [9.17, 15) is 14.7 Å². The molecule has 1 amide bonds. The summed E-state index contributed by atoms with van der Waals surface area (Å²) in [5, 5.41) is 12.5. The third-order valence-corrected chi connectivity index (χ3v) is 5.72. The average molecular weight is 295 g/mol. The van der Waals surface area contributed by atoms with Crippen LogP contribution < -0.4 is 5.32 Å². The summed E-state index contributed by atoms with van der Waals surface area (Å²) in [4.78, 5) is 24.0. The summed E-state index contributed by atoms with van der Waals surface area (Å²) in [6.45, 7) is 3.83. The Morgan fingerprint density at radius 2 is 1.90 bits per heavy atom. The average Bonchev–Trinajstić information content (AvgIpc) is 3.07. The number of amides is 1. The molecule has 0 aromatic heterocycles. The van der Waals surface area contributed by atoms with Crippen LogP contribution in [0, 0.1) is 17.3 Å². The van der Waals surface area contributed by atoms with Crippen molar-refractivity contribution in [3.05, 3.63) is 0 Å². The zero-order chi connectivity index (χ0) is 15.5. The van der Waals surface area contributed by atoms with Gasteiger partial charge in [0.25, 0.3) is 0 Å². The number of aliphatic carboxylic acids is 1. The molecule has 4 heteroatoms. The third-order valence-electron chi connectivity index (χ3n) is 5.72. The van der Waals surface area contributed by atoms with Gasteiger partial charge in [-0.3, -0.25) is 9.59 Å². The summed E-state index contributed by atoms with van der Waals surface area (Å²) in [5.74, 6) is 0.0276. The molecule has 4 nitrogen and oxygen atoms in total. The van der Waals surface area contributed by atoms with E-state index in [1.54, 1.807) is 6.92 Å². The predicted octanol–water partition coefficient (Wildman–Crippen LogP) is 3.35. The molecule has 2 rings (SSSR count). The number of rotatable bonds is 6. The Kier molecular flexibility index (Phi) is 5.28. The largest absolute Gasteiger partial charge is 0.481 e. The van der Waals surface area contributed by atoms with E-state index < -0.39 is 11.4 Å². The van der Waals surface area contributed by atoms with Gasteiger partial charge in [0.05, 0.1) is 5.41 Å². The second-order valence-corrected chi connectivity index (χ2v) is 7.17. The van der Waals surface area contributed by atoms with Crippen molar-refractivity contribution in [2.24, 2.45) is 17.3 Å². The molecule has 120 valence electrons. The maximum atomic E-state index is 12.5. The van der Waals surface area contributed by atoms with Crippen molar-refractivity contribution in [2.75, 3.05) is 0 Å². The van der Waals surface area contributed by atoms with E-state index in [1.165, 1.54) is 25.7 Å². The van der Waals surface area contributed by atoms with Gasteiger partial charge in [-0.05, 0) is 38.5 Å². The SMILES string of the molecule is CCC(CC1CCCC1)C(=O)NC1CCCC1(C)C(=O)O. The molecule has 0 radical (unpaired) electrons. The minimum atomic E-state index is -0.790. The van der Waals surface area contributed by atoms with Crippen molar-refractivity contribution >= 4 is 11.9 Å². The molecule has 0 heterocycles. The van der Waals surface area contributed by atoms with Gasteiger partial charge in [0.15, 0.2) is 0 Å². The lowest BCUT2D eigenvalue weighted by Gasteiger charge is -2.29. The highest BCUT2D eigenvalue weighted by atomic mass is 16.4. The number of carbonyl (C=O) groups excluding carboxylic acids is 1. The zero-order valence-corrected chi connectivity index (χ0v) is 13.4. The fourth-order valence-corrected chi connectivity index (χ4v) is 4.05. The molecule has 2 saturated carbocycles. The first-order valence-electron chi connectivity index (χ1n) is 8.51. The topological polar surface area (TPSA) is 66.4 Å². The van der Waals surface area contributed by atoms with Crippen molar-refractivity contribution < 1.29 is 14.7 Å². The maximum absolute atomic E-state index is 12.5.